The van der Waals surface area contributed by atoms with E-state index in [1.807, 2.05) is 18.2 Å². The maximum absolute atomic E-state index is 10.6. The normalized spacial score (nSPS) is 10.1. The van der Waals surface area contributed by atoms with E-state index in [4.69, 9.17) is 9.84 Å². The first kappa shape index (κ1) is 10.6. The van der Waals surface area contributed by atoms with Gasteiger partial charge in [-0.15, -0.1) is 0 Å². The Morgan fingerprint density at radius 2 is 2.31 bits per heavy atom. The predicted octanol–water partition coefficient (Wildman–Crippen LogP) is 1.91. The summed E-state index contributed by atoms with van der Waals surface area (Å²) in [6, 6.07) is 7.24. The summed E-state index contributed by atoms with van der Waals surface area (Å²) in [7, 11) is 1.57. The van der Waals surface area contributed by atoms with Crippen LogP contribution in [0.15, 0.2) is 24.3 Å². The third-order valence-electron chi connectivity index (χ3n) is 1.93. The third kappa shape index (κ3) is 2.01. The molecular formula is C10H8N2O3S. The van der Waals surface area contributed by atoms with Gasteiger partial charge >= 0.3 is 5.97 Å². The number of rotatable bonds is 3. The summed E-state index contributed by atoms with van der Waals surface area (Å²) in [5.74, 6) is -0.599. The van der Waals surface area contributed by atoms with Gasteiger partial charge < -0.3 is 9.84 Å². The smallest absolute Gasteiger partial charge is 0.375 e. The first-order chi connectivity index (χ1) is 7.70. The molecule has 0 atom stereocenters. The van der Waals surface area contributed by atoms with Gasteiger partial charge in [0.05, 0.1) is 7.11 Å². The number of hydrogen-bond acceptors (Lipinski definition) is 5. The van der Waals surface area contributed by atoms with E-state index in [9.17, 15) is 4.79 Å². The van der Waals surface area contributed by atoms with Gasteiger partial charge in [-0.25, -0.2) is 9.78 Å². The third-order valence-corrected chi connectivity index (χ3v) is 2.70. The van der Waals surface area contributed by atoms with Crippen LogP contribution in [-0.4, -0.2) is 27.5 Å². The van der Waals surface area contributed by atoms with E-state index < -0.39 is 5.97 Å². The van der Waals surface area contributed by atoms with Crippen LogP contribution in [0.4, 0.5) is 0 Å². The second-order valence-corrected chi connectivity index (χ2v) is 3.71. The first-order valence-corrected chi connectivity index (χ1v) is 5.19. The molecule has 1 N–H and O–H groups in total. The minimum absolute atomic E-state index is 0.178. The molecule has 6 heteroatoms. The number of benzene rings is 1. The van der Waals surface area contributed by atoms with Crippen LogP contribution in [0.5, 0.6) is 5.75 Å². The molecule has 2 aromatic rings. The summed E-state index contributed by atoms with van der Waals surface area (Å²) in [4.78, 5) is 14.5. The van der Waals surface area contributed by atoms with Crippen LogP contribution in [0.1, 0.15) is 10.6 Å². The Morgan fingerprint density at radius 1 is 1.50 bits per heavy atom. The lowest BCUT2D eigenvalue weighted by molar-refractivity contribution is 0.0685. The molecule has 82 valence electrons. The van der Waals surface area contributed by atoms with Gasteiger partial charge in [-0.2, -0.15) is 4.37 Å². The molecule has 0 saturated heterocycles. The lowest BCUT2D eigenvalue weighted by atomic mass is 10.2. The average molecular weight is 236 g/mol. The molecule has 0 spiro atoms. The number of carboxylic acid groups (broad SMARTS) is 1. The van der Waals surface area contributed by atoms with Crippen molar-refractivity contribution in [2.75, 3.05) is 7.11 Å². The summed E-state index contributed by atoms with van der Waals surface area (Å²) in [6.45, 7) is 0. The molecule has 0 aliphatic heterocycles. The molecule has 16 heavy (non-hydrogen) atoms. The molecule has 1 aromatic carbocycles. The molecular weight excluding hydrogens is 228 g/mol. The van der Waals surface area contributed by atoms with Crippen LogP contribution >= 0.6 is 11.5 Å². The Hall–Kier alpha value is -1.95. The maximum atomic E-state index is 10.6. The average Bonchev–Trinajstić information content (AvgIpc) is 2.78. The lowest BCUT2D eigenvalue weighted by Gasteiger charge is -2.00. The number of ether oxygens (including phenoxy) is 1. The molecule has 0 amide bonds. The van der Waals surface area contributed by atoms with Crippen molar-refractivity contribution in [1.82, 2.24) is 9.36 Å². The number of methoxy groups -OCH3 is 1. The van der Waals surface area contributed by atoms with Gasteiger partial charge in [-0.1, -0.05) is 12.1 Å². The fourth-order valence-electron chi connectivity index (χ4n) is 1.18. The minimum Gasteiger partial charge on any atom is -0.497 e. The first-order valence-electron chi connectivity index (χ1n) is 4.42. The number of aromatic carboxylic acids is 1. The molecule has 1 aromatic heterocycles. The SMILES string of the molecule is COc1cccc(-c2nc(C(=O)O)ns2)c1. The summed E-state index contributed by atoms with van der Waals surface area (Å²) < 4.78 is 8.81. The van der Waals surface area contributed by atoms with Crippen molar-refractivity contribution in [3.05, 3.63) is 30.1 Å². The van der Waals surface area contributed by atoms with Crippen LogP contribution in [0.2, 0.25) is 0 Å². The summed E-state index contributed by atoms with van der Waals surface area (Å²) >= 11 is 1.05. The Morgan fingerprint density at radius 3 is 2.94 bits per heavy atom. The fourth-order valence-corrected chi connectivity index (χ4v) is 1.84. The summed E-state index contributed by atoms with van der Waals surface area (Å²) in [5.41, 5.74) is 0.796. The van der Waals surface area contributed by atoms with Crippen molar-refractivity contribution in [2.24, 2.45) is 0 Å². The zero-order chi connectivity index (χ0) is 11.5. The highest BCUT2D eigenvalue weighted by atomic mass is 32.1. The molecule has 0 fully saturated rings. The Kier molecular flexibility index (Phi) is 2.82. The van der Waals surface area contributed by atoms with Crippen molar-refractivity contribution in [3.8, 4) is 16.3 Å². The molecule has 1 heterocycles. The second kappa shape index (κ2) is 4.28. The lowest BCUT2D eigenvalue weighted by Crippen LogP contribution is -1.98. The van der Waals surface area contributed by atoms with E-state index in [1.54, 1.807) is 13.2 Å². The van der Waals surface area contributed by atoms with Gasteiger partial charge in [-0.05, 0) is 23.7 Å². The zero-order valence-electron chi connectivity index (χ0n) is 8.38. The van der Waals surface area contributed by atoms with E-state index >= 15 is 0 Å². The maximum Gasteiger partial charge on any atom is 0.375 e. The van der Waals surface area contributed by atoms with E-state index in [-0.39, 0.29) is 5.82 Å². The second-order valence-electron chi connectivity index (χ2n) is 2.96. The molecule has 0 aliphatic carbocycles. The Labute approximate surface area is 95.5 Å². The topological polar surface area (TPSA) is 72.3 Å². The van der Waals surface area contributed by atoms with Crippen molar-refractivity contribution in [3.63, 3.8) is 0 Å². The number of hydrogen-bond donors (Lipinski definition) is 1. The standard InChI is InChI=1S/C10H8N2O3S/c1-15-7-4-2-3-6(5-7)9-11-8(10(13)14)12-16-9/h2-5H,1H3,(H,13,14). The molecule has 0 unspecified atom stereocenters. The van der Waals surface area contributed by atoms with Crippen molar-refractivity contribution >= 4 is 17.5 Å². The molecule has 0 radical (unpaired) electrons. The molecule has 0 bridgehead atoms. The van der Waals surface area contributed by atoms with Gasteiger partial charge in [0.1, 0.15) is 10.8 Å². The van der Waals surface area contributed by atoms with Gasteiger partial charge in [0.15, 0.2) is 0 Å². The van der Waals surface area contributed by atoms with Crippen molar-refractivity contribution < 1.29 is 14.6 Å². The predicted molar refractivity (Wildman–Crippen MR) is 58.9 cm³/mol. The summed E-state index contributed by atoms with van der Waals surface area (Å²) in [5, 5.41) is 9.27. The van der Waals surface area contributed by atoms with Crippen LogP contribution in [-0.2, 0) is 0 Å². The number of carboxylic acids is 1. The van der Waals surface area contributed by atoms with Crippen molar-refractivity contribution in [2.45, 2.75) is 0 Å². The molecule has 5 nitrogen and oxygen atoms in total. The number of aromatic nitrogens is 2. The van der Waals surface area contributed by atoms with Gasteiger partial charge in [0, 0.05) is 5.56 Å². The van der Waals surface area contributed by atoms with Crippen LogP contribution < -0.4 is 4.74 Å². The van der Waals surface area contributed by atoms with Crippen LogP contribution in [0, 0.1) is 0 Å². The molecule has 0 saturated carbocycles. The molecule has 2 rings (SSSR count). The van der Waals surface area contributed by atoms with Gasteiger partial charge in [-0.3, -0.25) is 0 Å². The highest BCUT2D eigenvalue weighted by Gasteiger charge is 2.12. The van der Waals surface area contributed by atoms with Gasteiger partial charge in [0.2, 0.25) is 0 Å². The quantitative estimate of drug-likeness (QED) is 0.881. The minimum atomic E-state index is -1.12. The van der Waals surface area contributed by atoms with E-state index in [0.29, 0.717) is 10.8 Å². The Balaban J connectivity index is 2.38. The molecule has 0 aliphatic rings. The van der Waals surface area contributed by atoms with Crippen LogP contribution in [0.3, 0.4) is 0 Å². The monoisotopic (exact) mass is 236 g/mol. The highest BCUT2D eigenvalue weighted by Crippen LogP contribution is 2.25. The Bertz CT molecular complexity index is 524. The fraction of sp³-hybridized carbons (Fsp3) is 0.100. The van der Waals surface area contributed by atoms with E-state index in [0.717, 1.165) is 17.1 Å². The highest BCUT2D eigenvalue weighted by molar-refractivity contribution is 7.09. The van der Waals surface area contributed by atoms with E-state index in [1.165, 1.54) is 0 Å². The number of nitrogens with zero attached hydrogens (tertiary/aromatic N) is 2. The van der Waals surface area contributed by atoms with Gasteiger partial charge in [0.25, 0.3) is 5.82 Å². The largest absolute Gasteiger partial charge is 0.497 e. The number of carbonyl (C=O) groups is 1. The zero-order valence-corrected chi connectivity index (χ0v) is 9.19. The summed E-state index contributed by atoms with van der Waals surface area (Å²) in [6.07, 6.45) is 0. The van der Waals surface area contributed by atoms with E-state index in [2.05, 4.69) is 9.36 Å². The van der Waals surface area contributed by atoms with Crippen molar-refractivity contribution in [1.29, 1.82) is 0 Å². The van der Waals surface area contributed by atoms with Crippen LogP contribution in [0.25, 0.3) is 10.6 Å².